The van der Waals surface area contributed by atoms with Crippen molar-refractivity contribution in [3.8, 4) is 0 Å². The van der Waals surface area contributed by atoms with E-state index in [-0.39, 0.29) is 24.4 Å². The Kier molecular flexibility index (Phi) is 8.90. The lowest BCUT2D eigenvalue weighted by Crippen LogP contribution is -2.54. The Balaban J connectivity index is 1.33. The molecule has 33 heavy (non-hydrogen) atoms. The average molecular weight is 470 g/mol. The first-order valence-electron chi connectivity index (χ1n) is 12.9. The number of hydrogen-bond donors (Lipinski definition) is 1. The first-order valence-corrected chi connectivity index (χ1v) is 13.8. The molecule has 2 aliphatic heterocycles. The molecule has 2 amide bonds. The summed E-state index contributed by atoms with van der Waals surface area (Å²) in [7, 11) is 0. The van der Waals surface area contributed by atoms with E-state index in [2.05, 4.69) is 17.1 Å². The van der Waals surface area contributed by atoms with Gasteiger partial charge in [0.25, 0.3) is 5.91 Å². The Morgan fingerprint density at radius 2 is 1.91 bits per heavy atom. The third kappa shape index (κ3) is 6.42. The summed E-state index contributed by atoms with van der Waals surface area (Å²) in [6, 6.07) is 10.9. The van der Waals surface area contributed by atoms with E-state index < -0.39 is 0 Å². The first-order chi connectivity index (χ1) is 16.2. The number of fused-ring (bicyclic) bond motifs is 1. The van der Waals surface area contributed by atoms with E-state index in [9.17, 15) is 9.59 Å². The van der Waals surface area contributed by atoms with Gasteiger partial charge in [0.05, 0.1) is 4.91 Å². The molecule has 2 heterocycles. The Morgan fingerprint density at radius 1 is 1.12 bits per heavy atom. The fourth-order valence-corrected chi connectivity index (χ4v) is 7.07. The van der Waals surface area contributed by atoms with Gasteiger partial charge in [0.2, 0.25) is 5.91 Å². The lowest BCUT2D eigenvalue weighted by atomic mass is 9.93. The van der Waals surface area contributed by atoms with E-state index in [0.29, 0.717) is 17.8 Å². The van der Waals surface area contributed by atoms with Crippen LogP contribution in [0, 0.1) is 0 Å². The number of nitrogens with one attached hydrogen (secondary N) is 1. The van der Waals surface area contributed by atoms with Crippen LogP contribution in [0.1, 0.15) is 70.3 Å². The van der Waals surface area contributed by atoms with Crippen LogP contribution in [-0.2, 0) is 9.59 Å². The minimum absolute atomic E-state index is 0.0151. The highest BCUT2D eigenvalue weighted by Crippen LogP contribution is 2.42. The summed E-state index contributed by atoms with van der Waals surface area (Å²) in [6.07, 6.45) is 12.6. The molecule has 2 saturated heterocycles. The van der Waals surface area contributed by atoms with Crippen LogP contribution in [0.15, 0.2) is 35.2 Å². The van der Waals surface area contributed by atoms with E-state index in [4.69, 9.17) is 0 Å². The topological polar surface area (TPSA) is 52.7 Å². The molecule has 1 aromatic carbocycles. The van der Waals surface area contributed by atoms with Crippen molar-refractivity contribution >= 4 is 29.7 Å². The fraction of sp³-hybridized carbons (Fsp3) is 0.630. The predicted molar refractivity (Wildman–Crippen MR) is 137 cm³/mol. The van der Waals surface area contributed by atoms with Gasteiger partial charge in [-0.3, -0.25) is 9.59 Å². The fourth-order valence-electron chi connectivity index (χ4n) is 5.60. The zero-order valence-electron chi connectivity index (χ0n) is 20.0. The van der Waals surface area contributed by atoms with E-state index in [1.807, 2.05) is 41.3 Å². The number of thioether (sulfide) groups is 1. The number of carbonyl (C=O) groups excluding carboxylic acids is 2. The van der Waals surface area contributed by atoms with Gasteiger partial charge in [-0.25, -0.2) is 0 Å². The molecule has 3 fully saturated rings. The van der Waals surface area contributed by atoms with Crippen LogP contribution >= 0.6 is 11.8 Å². The number of rotatable bonds is 8. The van der Waals surface area contributed by atoms with Gasteiger partial charge in [-0.2, -0.15) is 0 Å². The van der Waals surface area contributed by atoms with Crippen LogP contribution < -0.4 is 5.32 Å². The Labute approximate surface area is 203 Å². The van der Waals surface area contributed by atoms with Gasteiger partial charge in [-0.05, 0) is 56.7 Å². The second-order valence-electron chi connectivity index (χ2n) is 9.66. The third-order valence-corrected chi connectivity index (χ3v) is 8.79. The average Bonchev–Trinajstić information content (AvgIpc) is 2.85. The van der Waals surface area contributed by atoms with Crippen LogP contribution in [0.2, 0.25) is 0 Å². The van der Waals surface area contributed by atoms with Gasteiger partial charge in [0.15, 0.2) is 0 Å². The van der Waals surface area contributed by atoms with Crippen molar-refractivity contribution in [3.63, 3.8) is 0 Å². The Hall–Kier alpha value is -1.79. The molecule has 6 heteroatoms. The van der Waals surface area contributed by atoms with Crippen molar-refractivity contribution in [3.05, 3.63) is 40.8 Å². The van der Waals surface area contributed by atoms with Crippen molar-refractivity contribution in [2.45, 2.75) is 82.0 Å². The Morgan fingerprint density at radius 3 is 2.73 bits per heavy atom. The highest BCUT2D eigenvalue weighted by Gasteiger charge is 2.41. The molecule has 0 aromatic heterocycles. The summed E-state index contributed by atoms with van der Waals surface area (Å²) in [5, 5.41) is 3.49. The maximum absolute atomic E-state index is 13.4. The summed E-state index contributed by atoms with van der Waals surface area (Å²) in [5.41, 5.74) is 1.04. The SMILES string of the molecule is CCC1CCCCN1CCCNC(=O)CN1C(=O)/C(=C/c2ccccc2)SC2CCCCC21. The van der Waals surface area contributed by atoms with Gasteiger partial charge in [0, 0.05) is 30.4 Å². The van der Waals surface area contributed by atoms with Crippen LogP contribution in [0.5, 0.6) is 0 Å². The monoisotopic (exact) mass is 469 g/mol. The maximum atomic E-state index is 13.4. The third-order valence-electron chi connectivity index (χ3n) is 7.39. The first kappa shape index (κ1) is 24.3. The Bertz CT molecular complexity index is 828. The minimum atomic E-state index is -0.0238. The van der Waals surface area contributed by atoms with Crippen molar-refractivity contribution in [1.29, 1.82) is 0 Å². The molecule has 0 radical (unpaired) electrons. The van der Waals surface area contributed by atoms with E-state index in [0.717, 1.165) is 42.7 Å². The normalized spacial score (nSPS) is 27.4. The van der Waals surface area contributed by atoms with Gasteiger partial charge >= 0.3 is 0 Å². The molecule has 4 rings (SSSR count). The zero-order chi connectivity index (χ0) is 23.0. The van der Waals surface area contributed by atoms with Crippen LogP contribution in [0.25, 0.3) is 6.08 Å². The summed E-state index contributed by atoms with van der Waals surface area (Å²) < 4.78 is 0. The maximum Gasteiger partial charge on any atom is 0.261 e. The second-order valence-corrected chi connectivity index (χ2v) is 10.9. The summed E-state index contributed by atoms with van der Waals surface area (Å²) in [5.74, 6) is -0.00872. The molecule has 0 spiro atoms. The predicted octanol–water partition coefficient (Wildman–Crippen LogP) is 4.68. The zero-order valence-corrected chi connectivity index (χ0v) is 20.8. The molecule has 3 atom stereocenters. The van der Waals surface area contributed by atoms with Crippen LogP contribution in [0.3, 0.4) is 0 Å². The standard InChI is InChI=1S/C27H39N3O2S/c1-2-22-13-8-9-17-29(22)18-10-16-28-26(31)20-30-23-14-6-7-15-24(23)33-25(27(30)32)19-21-11-4-3-5-12-21/h3-5,11-12,19,22-24H,2,6-10,13-18,20H2,1H3,(H,28,31)/b25-19-. The van der Waals surface area contributed by atoms with Crippen LogP contribution in [-0.4, -0.2) is 65.1 Å². The van der Waals surface area contributed by atoms with E-state index in [1.165, 1.54) is 38.6 Å². The number of hydrogen-bond acceptors (Lipinski definition) is 4. The van der Waals surface area contributed by atoms with E-state index in [1.54, 1.807) is 11.8 Å². The molecule has 180 valence electrons. The molecular weight excluding hydrogens is 430 g/mol. The highest BCUT2D eigenvalue weighted by molar-refractivity contribution is 8.04. The lowest BCUT2D eigenvalue weighted by Gasteiger charge is -2.43. The number of nitrogens with zero attached hydrogens (tertiary/aromatic N) is 2. The van der Waals surface area contributed by atoms with E-state index >= 15 is 0 Å². The molecule has 1 N–H and O–H groups in total. The van der Waals surface area contributed by atoms with Gasteiger partial charge in [-0.15, -0.1) is 11.8 Å². The van der Waals surface area contributed by atoms with Crippen molar-refractivity contribution in [1.82, 2.24) is 15.1 Å². The van der Waals surface area contributed by atoms with Gasteiger partial charge < -0.3 is 15.1 Å². The molecule has 0 bridgehead atoms. The number of carbonyl (C=O) groups is 2. The number of likely N-dealkylation sites (tertiary alicyclic amines) is 1. The smallest absolute Gasteiger partial charge is 0.261 e. The molecule has 1 aromatic rings. The van der Waals surface area contributed by atoms with Gasteiger partial charge in [-0.1, -0.05) is 56.5 Å². The summed E-state index contributed by atoms with van der Waals surface area (Å²) in [4.78, 5) is 31.4. The molecule has 1 aliphatic carbocycles. The largest absolute Gasteiger partial charge is 0.355 e. The lowest BCUT2D eigenvalue weighted by molar-refractivity contribution is -0.135. The molecule has 1 saturated carbocycles. The molecule has 3 unspecified atom stereocenters. The molecule has 3 aliphatic rings. The quantitative estimate of drug-likeness (QED) is 0.443. The van der Waals surface area contributed by atoms with Crippen molar-refractivity contribution < 1.29 is 9.59 Å². The second kappa shape index (κ2) is 12.1. The van der Waals surface area contributed by atoms with Crippen LogP contribution in [0.4, 0.5) is 0 Å². The molecular formula is C27H39N3O2S. The molecule has 5 nitrogen and oxygen atoms in total. The minimum Gasteiger partial charge on any atom is -0.355 e. The van der Waals surface area contributed by atoms with Gasteiger partial charge in [0.1, 0.15) is 6.54 Å². The number of benzene rings is 1. The number of piperidine rings is 1. The summed E-state index contributed by atoms with van der Waals surface area (Å²) in [6.45, 7) is 5.37. The summed E-state index contributed by atoms with van der Waals surface area (Å²) >= 11 is 1.72. The highest BCUT2D eigenvalue weighted by atomic mass is 32.2. The van der Waals surface area contributed by atoms with Crippen molar-refractivity contribution in [2.24, 2.45) is 0 Å². The van der Waals surface area contributed by atoms with Crippen molar-refractivity contribution in [2.75, 3.05) is 26.2 Å². The number of amides is 2.